The highest BCUT2D eigenvalue weighted by Gasteiger charge is 2.25. The van der Waals surface area contributed by atoms with Crippen molar-refractivity contribution in [2.75, 3.05) is 0 Å². The highest BCUT2D eigenvalue weighted by atomic mass is 16.7. The van der Waals surface area contributed by atoms with E-state index in [0.29, 0.717) is 18.4 Å². The Hall–Kier alpha value is -3.14. The summed E-state index contributed by atoms with van der Waals surface area (Å²) in [5, 5.41) is 0. The Morgan fingerprint density at radius 1 is 0.800 bits per heavy atom. The van der Waals surface area contributed by atoms with Crippen LogP contribution in [0.4, 0.5) is 4.79 Å². The molecule has 1 aromatic rings. The largest absolute Gasteiger partial charge is 0.508 e. The maximum atomic E-state index is 12.5. The second kappa shape index (κ2) is 15.0. The molecule has 0 aliphatic heterocycles. The van der Waals surface area contributed by atoms with Crippen LogP contribution in [0.1, 0.15) is 72.8 Å². The van der Waals surface area contributed by atoms with Crippen LogP contribution in [0.3, 0.4) is 0 Å². The van der Waals surface area contributed by atoms with Crippen molar-refractivity contribution in [3.63, 3.8) is 0 Å². The molecule has 1 rings (SSSR count). The average Bonchev–Trinajstić information content (AvgIpc) is 2.75. The smallest absolute Gasteiger partial charge is 0.458 e. The van der Waals surface area contributed by atoms with Crippen LogP contribution in [0.2, 0.25) is 0 Å². The Kier molecular flexibility index (Phi) is 12.8. The molecule has 2 N–H and O–H groups in total. The summed E-state index contributed by atoms with van der Waals surface area (Å²) in [4.78, 5) is 48.1. The molecule has 0 aliphatic carbocycles. The third-order valence-corrected chi connectivity index (χ3v) is 4.70. The molecule has 0 fully saturated rings. The van der Waals surface area contributed by atoms with Crippen molar-refractivity contribution in [1.82, 2.24) is 0 Å². The molecule has 0 heterocycles. The van der Waals surface area contributed by atoms with Gasteiger partial charge in [-0.1, -0.05) is 19.9 Å². The van der Waals surface area contributed by atoms with E-state index in [1.54, 1.807) is 33.8 Å². The van der Waals surface area contributed by atoms with Gasteiger partial charge in [0.1, 0.15) is 18.2 Å². The lowest BCUT2D eigenvalue weighted by molar-refractivity contribution is -0.155. The molecule has 0 radical (unpaired) electrons. The fraction of sp³-hybridized carbons (Fsp3) is 0.600. The average molecular weight is 496 g/mol. The van der Waals surface area contributed by atoms with E-state index in [0.717, 1.165) is 0 Å². The van der Waals surface area contributed by atoms with Crippen LogP contribution in [-0.4, -0.2) is 48.4 Å². The lowest BCUT2D eigenvalue weighted by Crippen LogP contribution is -2.39. The summed E-state index contributed by atoms with van der Waals surface area (Å²) in [7, 11) is 0. The van der Waals surface area contributed by atoms with E-state index in [9.17, 15) is 19.2 Å². The second-order valence-electron chi connectivity index (χ2n) is 8.42. The monoisotopic (exact) mass is 495 g/mol. The van der Waals surface area contributed by atoms with Crippen molar-refractivity contribution < 1.29 is 42.9 Å². The first kappa shape index (κ1) is 29.9. The Labute approximate surface area is 206 Å². The van der Waals surface area contributed by atoms with Gasteiger partial charge in [-0.2, -0.15) is 0 Å². The predicted octanol–water partition coefficient (Wildman–Crippen LogP) is 3.85. The molecule has 0 saturated carbocycles. The van der Waals surface area contributed by atoms with E-state index >= 15 is 0 Å². The number of benzene rings is 1. The van der Waals surface area contributed by atoms with Crippen molar-refractivity contribution in [2.24, 2.45) is 5.73 Å². The molecule has 10 heteroatoms. The molecular formula is C25H37NO9. The van der Waals surface area contributed by atoms with Gasteiger partial charge in [-0.15, -0.1) is 0 Å². The van der Waals surface area contributed by atoms with Crippen LogP contribution in [0.15, 0.2) is 18.2 Å². The zero-order valence-electron chi connectivity index (χ0n) is 21.3. The zero-order valence-corrected chi connectivity index (χ0v) is 21.3. The first-order valence-corrected chi connectivity index (χ1v) is 11.8. The Balaban J connectivity index is 2.85. The van der Waals surface area contributed by atoms with Gasteiger partial charge in [0.2, 0.25) is 0 Å². The van der Waals surface area contributed by atoms with Gasteiger partial charge in [-0.25, -0.2) is 4.79 Å². The highest BCUT2D eigenvalue weighted by molar-refractivity contribution is 5.77. The van der Waals surface area contributed by atoms with Gasteiger partial charge < -0.3 is 29.4 Å². The summed E-state index contributed by atoms with van der Waals surface area (Å²) in [6.45, 7) is 10.2. The van der Waals surface area contributed by atoms with Crippen molar-refractivity contribution in [2.45, 2.75) is 98.0 Å². The molecule has 3 atom stereocenters. The van der Waals surface area contributed by atoms with Gasteiger partial charge in [0.25, 0.3) is 0 Å². The van der Waals surface area contributed by atoms with Crippen molar-refractivity contribution in [3.8, 4) is 11.5 Å². The van der Waals surface area contributed by atoms with Gasteiger partial charge in [-0.3, -0.25) is 14.4 Å². The Bertz CT molecular complexity index is 868. The molecule has 0 aromatic heterocycles. The van der Waals surface area contributed by atoms with Gasteiger partial charge in [0, 0.05) is 12.8 Å². The molecule has 35 heavy (non-hydrogen) atoms. The van der Waals surface area contributed by atoms with E-state index in [1.165, 1.54) is 12.1 Å². The van der Waals surface area contributed by atoms with Gasteiger partial charge >= 0.3 is 24.1 Å². The van der Waals surface area contributed by atoms with Gasteiger partial charge in [-0.05, 0) is 64.7 Å². The minimum Gasteiger partial charge on any atom is -0.458 e. The topological polar surface area (TPSA) is 140 Å². The standard InChI is InChI=1S/C25H37NO9/c1-7-9-22(27)34-20-12-11-18(14-21(20)35-23(28)10-8-2)13-19(26)24(29)32-16(5)17(6)33-25(30)31-15(3)4/h11-12,14-17,19H,7-10,13,26H2,1-6H3/t16-,17-,19-/m0/s1. The summed E-state index contributed by atoms with van der Waals surface area (Å²) in [6, 6.07) is 3.58. The minimum absolute atomic E-state index is 0.0672. The summed E-state index contributed by atoms with van der Waals surface area (Å²) in [6.07, 6.45) is -1.03. The number of carbonyl (C=O) groups is 4. The first-order valence-electron chi connectivity index (χ1n) is 11.8. The third kappa shape index (κ3) is 11.2. The number of ether oxygens (including phenoxy) is 5. The molecule has 196 valence electrons. The first-order chi connectivity index (χ1) is 16.5. The molecule has 0 amide bonds. The maximum absolute atomic E-state index is 12.5. The number of hydrogen-bond donors (Lipinski definition) is 1. The summed E-state index contributed by atoms with van der Waals surface area (Å²) < 4.78 is 26.0. The molecule has 10 nitrogen and oxygen atoms in total. The lowest BCUT2D eigenvalue weighted by Gasteiger charge is -2.22. The number of hydrogen-bond acceptors (Lipinski definition) is 10. The SMILES string of the molecule is CCCC(=O)Oc1ccc(C[C@H](N)C(=O)O[C@@H](C)[C@H](C)OC(=O)OC(C)C)cc1OC(=O)CCC. The normalized spacial score (nSPS) is 13.4. The van der Waals surface area contributed by atoms with Crippen molar-refractivity contribution in [3.05, 3.63) is 23.8 Å². The fourth-order valence-electron chi connectivity index (χ4n) is 2.77. The molecule has 0 aliphatic rings. The van der Waals surface area contributed by atoms with Gasteiger partial charge in [0.15, 0.2) is 11.5 Å². The lowest BCUT2D eigenvalue weighted by atomic mass is 10.1. The van der Waals surface area contributed by atoms with Crippen LogP contribution >= 0.6 is 0 Å². The Morgan fingerprint density at radius 3 is 1.89 bits per heavy atom. The predicted molar refractivity (Wildman–Crippen MR) is 127 cm³/mol. The van der Waals surface area contributed by atoms with Crippen LogP contribution in [0.25, 0.3) is 0 Å². The van der Waals surface area contributed by atoms with Crippen molar-refractivity contribution in [1.29, 1.82) is 0 Å². The zero-order chi connectivity index (χ0) is 26.5. The second-order valence-corrected chi connectivity index (χ2v) is 8.42. The van der Waals surface area contributed by atoms with Crippen LogP contribution in [0.5, 0.6) is 11.5 Å². The van der Waals surface area contributed by atoms with E-state index in [1.807, 2.05) is 13.8 Å². The van der Waals surface area contributed by atoms with Crippen LogP contribution in [0, 0.1) is 0 Å². The summed E-state index contributed by atoms with van der Waals surface area (Å²) in [5.74, 6) is -1.44. The van der Waals surface area contributed by atoms with Crippen LogP contribution in [-0.2, 0) is 35.0 Å². The van der Waals surface area contributed by atoms with E-state index in [4.69, 9.17) is 29.4 Å². The van der Waals surface area contributed by atoms with Crippen LogP contribution < -0.4 is 15.2 Å². The quantitative estimate of drug-likeness (QED) is 0.317. The van der Waals surface area contributed by atoms with Gasteiger partial charge in [0.05, 0.1) is 6.10 Å². The number of nitrogens with two attached hydrogens (primary N) is 1. The summed E-state index contributed by atoms with van der Waals surface area (Å²) >= 11 is 0. The number of esters is 3. The number of rotatable bonds is 13. The van der Waals surface area contributed by atoms with E-state index in [-0.39, 0.29) is 36.9 Å². The highest BCUT2D eigenvalue weighted by Crippen LogP contribution is 2.30. The fourth-order valence-corrected chi connectivity index (χ4v) is 2.77. The molecule has 0 spiro atoms. The number of carbonyl (C=O) groups excluding carboxylic acids is 4. The van der Waals surface area contributed by atoms with E-state index in [2.05, 4.69) is 0 Å². The third-order valence-electron chi connectivity index (χ3n) is 4.70. The summed E-state index contributed by atoms with van der Waals surface area (Å²) in [5.41, 5.74) is 6.59. The maximum Gasteiger partial charge on any atom is 0.508 e. The molecule has 0 unspecified atom stereocenters. The molecule has 0 saturated heterocycles. The molecule has 1 aromatic carbocycles. The minimum atomic E-state index is -1.04. The van der Waals surface area contributed by atoms with Crippen molar-refractivity contribution >= 4 is 24.1 Å². The molecule has 0 bridgehead atoms. The Morgan fingerprint density at radius 2 is 1.34 bits per heavy atom. The molecular weight excluding hydrogens is 458 g/mol. The van der Waals surface area contributed by atoms with E-state index < -0.39 is 42.3 Å².